The molecule has 4 aliphatic rings. The van der Waals surface area contributed by atoms with Gasteiger partial charge in [-0.05, 0) is 92.1 Å². The Morgan fingerprint density at radius 3 is 2.12 bits per heavy atom. The summed E-state index contributed by atoms with van der Waals surface area (Å²) < 4.78 is 17.4. The van der Waals surface area contributed by atoms with Crippen molar-refractivity contribution in [3.8, 4) is 0 Å². The largest absolute Gasteiger partial charge is 0.459 e. The lowest BCUT2D eigenvalue weighted by Gasteiger charge is -2.64. The number of carbonyl (C=O) groups is 3. The van der Waals surface area contributed by atoms with Gasteiger partial charge in [0.25, 0.3) is 0 Å². The Labute approximate surface area is 245 Å². The summed E-state index contributed by atoms with van der Waals surface area (Å²) in [5.41, 5.74) is -1.15. The monoisotopic (exact) mass is 576 g/mol. The third-order valence-corrected chi connectivity index (χ3v) is 11.5. The fourth-order valence-corrected chi connectivity index (χ4v) is 9.44. The van der Waals surface area contributed by atoms with E-state index in [0.717, 1.165) is 37.7 Å². The molecule has 0 bridgehead atoms. The second-order valence-electron chi connectivity index (χ2n) is 14.4. The van der Waals surface area contributed by atoms with Crippen LogP contribution < -0.4 is 0 Å². The zero-order valence-electron chi connectivity index (χ0n) is 26.3. The number of ether oxygens (including phenoxy) is 3. The highest BCUT2D eigenvalue weighted by Crippen LogP contribution is 2.69. The van der Waals surface area contributed by atoms with Crippen LogP contribution in [0.15, 0.2) is 11.6 Å². The molecule has 0 aromatic carbocycles. The molecule has 0 aromatic heterocycles. The average molecular weight is 577 g/mol. The topological polar surface area (TPSA) is 119 Å². The van der Waals surface area contributed by atoms with Crippen LogP contribution in [0.25, 0.3) is 0 Å². The van der Waals surface area contributed by atoms with Gasteiger partial charge in [-0.25, -0.2) is 0 Å². The Kier molecular flexibility index (Phi) is 9.08. The van der Waals surface area contributed by atoms with Crippen molar-refractivity contribution < 1.29 is 38.8 Å². The van der Waals surface area contributed by atoms with Crippen LogP contribution in [0.1, 0.15) is 107 Å². The maximum atomic E-state index is 12.8. The number of rotatable bonds is 8. The molecular formula is C33H52O8. The number of hydrogen-bond acceptors (Lipinski definition) is 8. The summed E-state index contributed by atoms with van der Waals surface area (Å²) in [7, 11) is 0. The van der Waals surface area contributed by atoms with Crippen LogP contribution in [0.4, 0.5) is 0 Å². The molecule has 8 nitrogen and oxygen atoms in total. The Balaban J connectivity index is 1.75. The predicted molar refractivity (Wildman–Crippen MR) is 153 cm³/mol. The van der Waals surface area contributed by atoms with Crippen molar-refractivity contribution in [1.29, 1.82) is 0 Å². The van der Waals surface area contributed by atoms with E-state index in [2.05, 4.69) is 27.7 Å². The van der Waals surface area contributed by atoms with Gasteiger partial charge in [-0.3, -0.25) is 14.4 Å². The standard InChI is InChI=1S/C33H52O8/c1-18(2)9-12-26(37)19(3)23-10-11-24-25-17-28(40-21(5)35)29-30(41-22(6)36)27(39-20(4)34)13-14-32(29,8)33(25,38)16-15-31(23,24)7/h17-19,23-24,26-30,37-38H,9-16H2,1-8H3/t19-,23+,24-,26+,27-,28-,29-,30-,31+,32-,33+/m0/s1. The lowest BCUT2D eigenvalue weighted by molar-refractivity contribution is -0.231. The highest BCUT2D eigenvalue weighted by atomic mass is 16.6. The third-order valence-electron chi connectivity index (χ3n) is 11.5. The van der Waals surface area contributed by atoms with Crippen molar-refractivity contribution >= 4 is 17.9 Å². The van der Waals surface area contributed by atoms with Crippen LogP contribution in [0.3, 0.4) is 0 Å². The minimum atomic E-state index is -1.19. The van der Waals surface area contributed by atoms with Gasteiger partial charge in [0, 0.05) is 32.1 Å². The number of aliphatic hydroxyl groups is 2. The molecule has 0 aromatic rings. The first-order chi connectivity index (χ1) is 19.0. The lowest BCUT2D eigenvalue weighted by atomic mass is 9.44. The molecule has 232 valence electrons. The second kappa shape index (κ2) is 11.6. The molecule has 4 rings (SSSR count). The first-order valence-corrected chi connectivity index (χ1v) is 15.7. The van der Waals surface area contributed by atoms with E-state index in [9.17, 15) is 24.6 Å². The van der Waals surface area contributed by atoms with Crippen LogP contribution >= 0.6 is 0 Å². The van der Waals surface area contributed by atoms with Gasteiger partial charge in [0.2, 0.25) is 0 Å². The van der Waals surface area contributed by atoms with Crippen LogP contribution in [-0.2, 0) is 28.6 Å². The number of esters is 3. The summed E-state index contributed by atoms with van der Waals surface area (Å²) in [6, 6.07) is 0. The summed E-state index contributed by atoms with van der Waals surface area (Å²) in [5, 5.41) is 23.9. The smallest absolute Gasteiger partial charge is 0.303 e. The van der Waals surface area contributed by atoms with Gasteiger partial charge >= 0.3 is 17.9 Å². The highest BCUT2D eigenvalue weighted by Gasteiger charge is 2.69. The number of fused-ring (bicyclic) bond motifs is 5. The van der Waals surface area contributed by atoms with Crippen LogP contribution in [-0.4, -0.2) is 58.1 Å². The molecule has 3 saturated carbocycles. The van der Waals surface area contributed by atoms with Gasteiger partial charge in [0.15, 0.2) is 0 Å². The lowest BCUT2D eigenvalue weighted by Crippen LogP contribution is -2.68. The first kappa shape index (κ1) is 32.0. The van der Waals surface area contributed by atoms with E-state index in [1.165, 1.54) is 20.8 Å². The Bertz CT molecular complexity index is 1050. The van der Waals surface area contributed by atoms with Gasteiger partial charge in [0.1, 0.15) is 18.3 Å². The van der Waals surface area contributed by atoms with Crippen LogP contribution in [0.2, 0.25) is 0 Å². The predicted octanol–water partition coefficient (Wildman–Crippen LogP) is 5.13. The molecule has 0 aliphatic heterocycles. The van der Waals surface area contributed by atoms with Gasteiger partial charge in [-0.2, -0.15) is 0 Å². The van der Waals surface area contributed by atoms with Crippen LogP contribution in [0, 0.1) is 40.4 Å². The second-order valence-corrected chi connectivity index (χ2v) is 14.4. The number of aliphatic hydroxyl groups excluding tert-OH is 1. The van der Waals surface area contributed by atoms with Crippen molar-refractivity contribution in [2.75, 3.05) is 0 Å². The highest BCUT2D eigenvalue weighted by molar-refractivity contribution is 5.68. The minimum Gasteiger partial charge on any atom is -0.459 e. The molecule has 0 unspecified atom stereocenters. The van der Waals surface area contributed by atoms with E-state index in [1.807, 2.05) is 13.0 Å². The van der Waals surface area contributed by atoms with Gasteiger partial charge in [-0.1, -0.05) is 34.6 Å². The summed E-state index contributed by atoms with van der Waals surface area (Å²) in [6.45, 7) is 14.9. The molecule has 3 fully saturated rings. The Morgan fingerprint density at radius 1 is 0.902 bits per heavy atom. The van der Waals surface area contributed by atoms with Gasteiger partial charge < -0.3 is 24.4 Å². The zero-order valence-corrected chi connectivity index (χ0v) is 26.3. The molecular weight excluding hydrogens is 524 g/mol. The summed E-state index contributed by atoms with van der Waals surface area (Å²) in [4.78, 5) is 36.7. The fourth-order valence-electron chi connectivity index (χ4n) is 9.44. The number of hydrogen-bond donors (Lipinski definition) is 2. The zero-order chi connectivity index (χ0) is 30.5. The minimum absolute atomic E-state index is 0.0835. The maximum Gasteiger partial charge on any atom is 0.303 e. The third kappa shape index (κ3) is 5.60. The summed E-state index contributed by atoms with van der Waals surface area (Å²) >= 11 is 0. The molecule has 0 spiro atoms. The molecule has 4 aliphatic carbocycles. The van der Waals surface area contributed by atoms with Crippen molar-refractivity contribution in [3.63, 3.8) is 0 Å². The summed E-state index contributed by atoms with van der Waals surface area (Å²) in [6.07, 6.45) is 5.21. The molecule has 0 amide bonds. The summed E-state index contributed by atoms with van der Waals surface area (Å²) in [5.74, 6) is -0.952. The quantitative estimate of drug-likeness (QED) is 0.232. The average Bonchev–Trinajstić information content (AvgIpc) is 3.21. The van der Waals surface area contributed by atoms with E-state index in [4.69, 9.17) is 14.2 Å². The molecule has 11 atom stereocenters. The van der Waals surface area contributed by atoms with Crippen molar-refractivity contribution in [3.05, 3.63) is 11.6 Å². The molecule has 0 saturated heterocycles. The van der Waals surface area contributed by atoms with E-state index in [-0.39, 0.29) is 23.4 Å². The van der Waals surface area contributed by atoms with E-state index >= 15 is 0 Å². The van der Waals surface area contributed by atoms with Crippen LogP contribution in [0.5, 0.6) is 0 Å². The number of carbonyl (C=O) groups excluding carboxylic acids is 3. The fraction of sp³-hybridized carbons (Fsp3) is 0.848. The Hall–Kier alpha value is -1.93. The maximum absolute atomic E-state index is 12.8. The van der Waals surface area contributed by atoms with E-state index in [0.29, 0.717) is 31.1 Å². The van der Waals surface area contributed by atoms with Crippen molar-refractivity contribution in [1.82, 2.24) is 0 Å². The molecule has 2 N–H and O–H groups in total. The van der Waals surface area contributed by atoms with Crippen molar-refractivity contribution in [2.45, 2.75) is 137 Å². The molecule has 8 heteroatoms. The van der Waals surface area contributed by atoms with Gasteiger partial charge in [-0.15, -0.1) is 0 Å². The van der Waals surface area contributed by atoms with Crippen molar-refractivity contribution in [2.24, 2.45) is 40.4 Å². The van der Waals surface area contributed by atoms with E-state index < -0.39 is 53.2 Å². The molecule has 0 heterocycles. The molecule has 41 heavy (non-hydrogen) atoms. The SMILES string of the molecule is CC(=O)O[C@@H]1[C@@H]2[C@@H](OC(C)=O)C=C3[C@@H]4CC[C@H]([C@H](C)[C@H](O)CCC(C)C)[C@@]4(C)CC[C@]3(O)[C@@]2(C)CC[C@@H]1OC(C)=O. The first-order valence-electron chi connectivity index (χ1n) is 15.7. The van der Waals surface area contributed by atoms with Gasteiger partial charge in [0.05, 0.1) is 11.7 Å². The Morgan fingerprint density at radius 2 is 1.54 bits per heavy atom. The normalized spacial score (nSPS) is 41.3. The van der Waals surface area contributed by atoms with E-state index in [1.54, 1.807) is 0 Å². The molecule has 0 radical (unpaired) electrons.